The molecule has 1 aliphatic rings. The highest BCUT2D eigenvalue weighted by atomic mass is 16.5. The number of carbonyl (C=O) groups excluding carboxylic acids is 2. The van der Waals surface area contributed by atoms with E-state index in [1.54, 1.807) is 0 Å². The number of nitrogens with one attached hydrogen (secondary N) is 1. The third kappa shape index (κ3) is 3.40. The van der Waals surface area contributed by atoms with Crippen molar-refractivity contribution in [3.8, 4) is 5.75 Å². The van der Waals surface area contributed by atoms with Crippen molar-refractivity contribution in [1.29, 1.82) is 0 Å². The van der Waals surface area contributed by atoms with Gasteiger partial charge < -0.3 is 10.1 Å². The molecule has 0 spiro atoms. The number of amides is 2. The lowest BCUT2D eigenvalue weighted by molar-refractivity contribution is -0.123. The predicted octanol–water partition coefficient (Wildman–Crippen LogP) is 2.98. The molecule has 1 heterocycles. The second kappa shape index (κ2) is 6.35. The molecule has 0 bridgehead atoms. The number of carbonyl (C=O) groups is 2. The number of hydrogen-bond acceptors (Lipinski definition) is 3. The summed E-state index contributed by atoms with van der Waals surface area (Å²) in [6.45, 7) is 5.81. The van der Waals surface area contributed by atoms with Crippen LogP contribution in [0.3, 0.4) is 0 Å². The Balaban J connectivity index is 1.79. The second-order valence-corrected chi connectivity index (χ2v) is 6.16. The summed E-state index contributed by atoms with van der Waals surface area (Å²) in [5.41, 5.74) is 4.54. The highest BCUT2D eigenvalue weighted by Gasteiger charge is 2.27. The minimum atomic E-state index is -0.234. The highest BCUT2D eigenvalue weighted by molar-refractivity contribution is 6.05. The first-order valence-corrected chi connectivity index (χ1v) is 7.84. The number of aryl methyl sites for hydroxylation is 3. The maximum Gasteiger partial charge on any atom is 0.265 e. The van der Waals surface area contributed by atoms with Crippen LogP contribution in [0.2, 0.25) is 0 Å². The normalized spacial score (nSPS) is 13.3. The van der Waals surface area contributed by atoms with Crippen LogP contribution in [-0.2, 0) is 9.59 Å². The topological polar surface area (TPSA) is 58.6 Å². The van der Waals surface area contributed by atoms with E-state index in [0.717, 1.165) is 22.4 Å². The van der Waals surface area contributed by atoms with Crippen LogP contribution in [0.4, 0.5) is 11.4 Å². The molecule has 5 heteroatoms. The molecule has 124 valence electrons. The molecule has 3 rings (SSSR count). The van der Waals surface area contributed by atoms with Crippen molar-refractivity contribution in [2.24, 2.45) is 0 Å². The van der Waals surface area contributed by atoms with Gasteiger partial charge in [-0.15, -0.1) is 0 Å². The largest absolute Gasteiger partial charge is 0.482 e. The number of anilines is 2. The second-order valence-electron chi connectivity index (χ2n) is 6.16. The van der Waals surface area contributed by atoms with Gasteiger partial charge in [0.15, 0.2) is 6.61 Å². The number of fused-ring (bicyclic) bond motifs is 1. The number of nitrogens with zero attached hydrogens (tertiary/aromatic N) is 1. The van der Waals surface area contributed by atoms with Crippen LogP contribution >= 0.6 is 0 Å². The third-order valence-corrected chi connectivity index (χ3v) is 3.86. The van der Waals surface area contributed by atoms with Gasteiger partial charge in [-0.25, -0.2) is 0 Å². The van der Waals surface area contributed by atoms with Gasteiger partial charge in [-0.05, 0) is 61.7 Å². The van der Waals surface area contributed by atoms with E-state index in [0.29, 0.717) is 11.4 Å². The SMILES string of the molecule is Cc1cc(C)cc(NC(=O)CN2C(=O)COc3ccc(C)cc32)c1. The maximum atomic E-state index is 12.4. The van der Waals surface area contributed by atoms with Crippen molar-refractivity contribution < 1.29 is 14.3 Å². The first-order chi connectivity index (χ1) is 11.4. The van der Waals surface area contributed by atoms with Crippen LogP contribution in [0.15, 0.2) is 36.4 Å². The zero-order chi connectivity index (χ0) is 17.3. The van der Waals surface area contributed by atoms with E-state index >= 15 is 0 Å². The smallest absolute Gasteiger partial charge is 0.265 e. The first-order valence-electron chi connectivity index (χ1n) is 7.84. The van der Waals surface area contributed by atoms with E-state index < -0.39 is 0 Å². The minimum absolute atomic E-state index is 0.0361. The zero-order valence-electron chi connectivity index (χ0n) is 14.1. The van der Waals surface area contributed by atoms with Gasteiger partial charge in [-0.3, -0.25) is 14.5 Å². The molecule has 0 saturated heterocycles. The molecule has 0 atom stereocenters. The molecule has 2 aromatic carbocycles. The number of rotatable bonds is 3. The van der Waals surface area contributed by atoms with Gasteiger partial charge in [0, 0.05) is 5.69 Å². The third-order valence-electron chi connectivity index (χ3n) is 3.86. The van der Waals surface area contributed by atoms with Gasteiger partial charge >= 0.3 is 0 Å². The summed E-state index contributed by atoms with van der Waals surface area (Å²) >= 11 is 0. The average molecular weight is 324 g/mol. The van der Waals surface area contributed by atoms with Crippen LogP contribution in [0.5, 0.6) is 5.75 Å². The van der Waals surface area contributed by atoms with Crippen LogP contribution < -0.4 is 15.0 Å². The summed E-state index contributed by atoms with van der Waals surface area (Å²) in [6.07, 6.45) is 0. The van der Waals surface area contributed by atoms with E-state index in [4.69, 9.17) is 4.74 Å². The molecule has 1 N–H and O–H groups in total. The highest BCUT2D eigenvalue weighted by Crippen LogP contribution is 2.32. The van der Waals surface area contributed by atoms with E-state index in [1.807, 2.05) is 57.2 Å². The van der Waals surface area contributed by atoms with E-state index in [-0.39, 0.29) is 25.0 Å². The van der Waals surface area contributed by atoms with Crippen molar-refractivity contribution >= 4 is 23.2 Å². The van der Waals surface area contributed by atoms with Crippen molar-refractivity contribution in [3.63, 3.8) is 0 Å². The Morgan fingerprint density at radius 2 is 1.79 bits per heavy atom. The summed E-state index contributed by atoms with van der Waals surface area (Å²) in [5, 5.41) is 2.86. The standard InChI is InChI=1S/C19H20N2O3/c1-12-4-5-17-16(9-12)21(19(23)11-24-17)10-18(22)20-15-7-13(2)6-14(3)8-15/h4-9H,10-11H2,1-3H3,(H,20,22). The van der Waals surface area contributed by atoms with Crippen molar-refractivity contribution in [3.05, 3.63) is 53.1 Å². The Kier molecular flexibility index (Phi) is 4.25. The molecular weight excluding hydrogens is 304 g/mol. The fraction of sp³-hybridized carbons (Fsp3) is 0.263. The van der Waals surface area contributed by atoms with Gasteiger partial charge in [0.05, 0.1) is 5.69 Å². The molecule has 24 heavy (non-hydrogen) atoms. The molecule has 0 unspecified atom stereocenters. The van der Waals surface area contributed by atoms with Gasteiger partial charge in [0.2, 0.25) is 5.91 Å². The van der Waals surface area contributed by atoms with Gasteiger partial charge in [0.25, 0.3) is 5.91 Å². The lowest BCUT2D eigenvalue weighted by atomic mass is 10.1. The zero-order valence-corrected chi connectivity index (χ0v) is 14.1. The van der Waals surface area contributed by atoms with E-state index in [2.05, 4.69) is 5.32 Å². The molecule has 0 radical (unpaired) electrons. The Morgan fingerprint density at radius 1 is 1.08 bits per heavy atom. The summed E-state index contributed by atoms with van der Waals surface area (Å²) in [7, 11) is 0. The van der Waals surface area contributed by atoms with Gasteiger partial charge in [0.1, 0.15) is 12.3 Å². The fourth-order valence-electron chi connectivity index (χ4n) is 2.88. The Bertz CT molecular complexity index is 794. The van der Waals surface area contributed by atoms with Crippen LogP contribution in [0, 0.1) is 20.8 Å². The van der Waals surface area contributed by atoms with Crippen LogP contribution in [0.1, 0.15) is 16.7 Å². The predicted molar refractivity (Wildman–Crippen MR) is 93.6 cm³/mol. The van der Waals surface area contributed by atoms with E-state index in [9.17, 15) is 9.59 Å². The molecule has 0 fully saturated rings. The van der Waals surface area contributed by atoms with Crippen LogP contribution in [0.25, 0.3) is 0 Å². The van der Waals surface area contributed by atoms with Gasteiger partial charge in [-0.1, -0.05) is 12.1 Å². The van der Waals surface area contributed by atoms with E-state index in [1.165, 1.54) is 4.90 Å². The summed E-state index contributed by atoms with van der Waals surface area (Å²) < 4.78 is 5.43. The maximum absolute atomic E-state index is 12.4. The van der Waals surface area contributed by atoms with Crippen molar-refractivity contribution in [2.75, 3.05) is 23.4 Å². The Morgan fingerprint density at radius 3 is 2.50 bits per heavy atom. The van der Waals surface area contributed by atoms with Gasteiger partial charge in [-0.2, -0.15) is 0 Å². The Hall–Kier alpha value is -2.82. The monoisotopic (exact) mass is 324 g/mol. The average Bonchev–Trinajstić information content (AvgIpc) is 2.49. The van der Waals surface area contributed by atoms with Crippen molar-refractivity contribution in [2.45, 2.75) is 20.8 Å². The molecular formula is C19H20N2O3. The lowest BCUT2D eigenvalue weighted by Gasteiger charge is -2.29. The molecule has 0 aromatic heterocycles. The number of hydrogen-bond donors (Lipinski definition) is 1. The Labute approximate surface area is 141 Å². The fourth-order valence-corrected chi connectivity index (χ4v) is 2.88. The molecule has 0 aliphatic carbocycles. The lowest BCUT2D eigenvalue weighted by Crippen LogP contribution is -2.43. The van der Waals surface area contributed by atoms with Crippen molar-refractivity contribution in [1.82, 2.24) is 0 Å². The molecule has 2 aromatic rings. The molecule has 1 aliphatic heterocycles. The summed E-state index contributed by atoms with van der Waals surface area (Å²) in [4.78, 5) is 26.1. The molecule has 5 nitrogen and oxygen atoms in total. The number of ether oxygens (including phenoxy) is 1. The number of benzene rings is 2. The quantitative estimate of drug-likeness (QED) is 0.944. The molecule has 0 saturated carbocycles. The summed E-state index contributed by atoms with van der Waals surface area (Å²) in [5.74, 6) is 0.172. The van der Waals surface area contributed by atoms with Crippen LogP contribution in [-0.4, -0.2) is 25.0 Å². The summed E-state index contributed by atoms with van der Waals surface area (Å²) in [6, 6.07) is 11.5. The minimum Gasteiger partial charge on any atom is -0.482 e. The molecule has 2 amide bonds. The first kappa shape index (κ1) is 16.1.